The molecule has 0 saturated carbocycles. The summed E-state index contributed by atoms with van der Waals surface area (Å²) in [5, 5.41) is 5.05. The first kappa shape index (κ1) is 29.5. The second kappa shape index (κ2) is 12.4. The van der Waals surface area contributed by atoms with Crippen molar-refractivity contribution < 1.29 is 37.1 Å². The van der Waals surface area contributed by atoms with Gasteiger partial charge in [0.05, 0.1) is 30.7 Å². The third-order valence-corrected chi connectivity index (χ3v) is 10.1. The van der Waals surface area contributed by atoms with Gasteiger partial charge in [0.2, 0.25) is 10.0 Å². The molecule has 0 bridgehead atoms. The zero-order valence-corrected chi connectivity index (χ0v) is 24.2. The molecular weight excluding hydrogens is 560 g/mol. The normalized spacial score (nSPS) is 17.5. The number of sulfonamides is 1. The predicted molar refractivity (Wildman–Crippen MR) is 147 cm³/mol. The van der Waals surface area contributed by atoms with Crippen molar-refractivity contribution in [2.24, 2.45) is 0 Å². The van der Waals surface area contributed by atoms with Crippen LogP contribution in [0.25, 0.3) is 0 Å². The van der Waals surface area contributed by atoms with Crippen LogP contribution in [0.1, 0.15) is 64.3 Å². The van der Waals surface area contributed by atoms with Gasteiger partial charge in [-0.15, -0.1) is 11.3 Å². The molecule has 2 aliphatic heterocycles. The van der Waals surface area contributed by atoms with E-state index >= 15 is 0 Å². The van der Waals surface area contributed by atoms with E-state index in [-0.39, 0.29) is 40.2 Å². The second-order valence-corrected chi connectivity index (χ2v) is 12.5. The van der Waals surface area contributed by atoms with Gasteiger partial charge in [0.1, 0.15) is 5.00 Å². The summed E-state index contributed by atoms with van der Waals surface area (Å²) >= 11 is 1.12. The molecule has 2 aliphatic rings. The molecule has 4 rings (SSSR count). The number of imide groups is 1. The fraction of sp³-hybridized carbons (Fsp3) is 0.462. The summed E-state index contributed by atoms with van der Waals surface area (Å²) in [5.41, 5.74) is 0.907. The van der Waals surface area contributed by atoms with E-state index in [1.54, 1.807) is 6.92 Å². The van der Waals surface area contributed by atoms with Gasteiger partial charge in [-0.05, 0) is 62.9 Å². The van der Waals surface area contributed by atoms with E-state index in [9.17, 15) is 27.6 Å². The van der Waals surface area contributed by atoms with Gasteiger partial charge < -0.3 is 19.7 Å². The lowest BCUT2D eigenvalue weighted by Gasteiger charge is -2.32. The molecule has 1 fully saturated rings. The summed E-state index contributed by atoms with van der Waals surface area (Å²) in [6.45, 7) is 4.74. The van der Waals surface area contributed by atoms with Crippen LogP contribution in [0.4, 0.5) is 14.6 Å². The van der Waals surface area contributed by atoms with E-state index in [0.29, 0.717) is 30.0 Å². The molecule has 0 radical (unpaired) electrons. The van der Waals surface area contributed by atoms with Crippen molar-refractivity contribution in [1.29, 1.82) is 0 Å². The zero-order valence-electron chi connectivity index (χ0n) is 22.5. The highest BCUT2D eigenvalue weighted by Gasteiger charge is 2.33. The van der Waals surface area contributed by atoms with Crippen molar-refractivity contribution in [3.63, 3.8) is 0 Å². The van der Waals surface area contributed by atoms with Gasteiger partial charge >= 0.3 is 12.2 Å². The average Bonchev–Trinajstić information content (AvgIpc) is 3.30. The number of piperidine rings is 1. The maximum Gasteiger partial charge on any atom is 0.413 e. The molecule has 2 aromatic rings. The van der Waals surface area contributed by atoms with Gasteiger partial charge in [0.15, 0.2) is 0 Å². The average molecular weight is 593 g/mol. The molecule has 1 unspecified atom stereocenters. The van der Waals surface area contributed by atoms with E-state index in [2.05, 4.69) is 15.4 Å². The maximum absolute atomic E-state index is 13.2. The molecule has 14 heteroatoms. The number of methoxy groups -OCH3 is 1. The van der Waals surface area contributed by atoms with E-state index in [1.807, 2.05) is 6.92 Å². The standard InChI is InChI=1S/C26H32N4O8S2/c1-4-38-26(34)29-14-12-19-20(15-29)39-24(21(19)23(32)28-25(33)37-3)27-22(31)17-8-10-18(11-9-17)40(35,36)30-13-6-5-7-16(30)2/h8-11,16H,4-7,12-15H2,1-3H3,(H,27,31)(H,28,32,33). The number of alkyl carbamates (subject to hydrolysis) is 1. The lowest BCUT2D eigenvalue weighted by molar-refractivity contribution is 0.0936. The number of nitrogens with zero attached hydrogens (tertiary/aromatic N) is 2. The van der Waals surface area contributed by atoms with Gasteiger partial charge in [-0.25, -0.2) is 18.0 Å². The van der Waals surface area contributed by atoms with Crippen LogP contribution in [0.2, 0.25) is 0 Å². The number of rotatable bonds is 6. The number of nitrogens with one attached hydrogen (secondary N) is 2. The number of hydrogen-bond acceptors (Lipinski definition) is 9. The van der Waals surface area contributed by atoms with E-state index in [4.69, 9.17) is 4.74 Å². The van der Waals surface area contributed by atoms with Crippen LogP contribution < -0.4 is 10.6 Å². The Labute approximate surface area is 236 Å². The first-order valence-corrected chi connectivity index (χ1v) is 15.2. The highest BCUT2D eigenvalue weighted by molar-refractivity contribution is 7.89. The van der Waals surface area contributed by atoms with Gasteiger partial charge in [-0.2, -0.15) is 4.31 Å². The predicted octanol–water partition coefficient (Wildman–Crippen LogP) is 3.57. The summed E-state index contributed by atoms with van der Waals surface area (Å²) < 4.78 is 37.4. The minimum absolute atomic E-state index is 0.0964. The van der Waals surface area contributed by atoms with Crippen LogP contribution in [0.15, 0.2) is 29.2 Å². The highest BCUT2D eigenvalue weighted by Crippen LogP contribution is 2.38. The van der Waals surface area contributed by atoms with Crippen LogP contribution >= 0.6 is 11.3 Å². The number of hydrogen-bond donors (Lipinski definition) is 2. The third-order valence-electron chi connectivity index (χ3n) is 6.90. The van der Waals surface area contributed by atoms with E-state index < -0.39 is 34.0 Å². The minimum atomic E-state index is -3.70. The van der Waals surface area contributed by atoms with Gasteiger partial charge in [-0.1, -0.05) is 6.42 Å². The monoisotopic (exact) mass is 592 g/mol. The molecule has 12 nitrogen and oxygen atoms in total. The van der Waals surface area contributed by atoms with Crippen molar-refractivity contribution in [2.45, 2.75) is 57.0 Å². The smallest absolute Gasteiger partial charge is 0.413 e. The summed E-state index contributed by atoms with van der Waals surface area (Å²) in [7, 11) is -2.57. The minimum Gasteiger partial charge on any atom is -0.453 e. The molecule has 1 saturated heterocycles. The number of carbonyl (C=O) groups excluding carboxylic acids is 4. The number of fused-ring (bicyclic) bond motifs is 1. The number of anilines is 1. The Morgan fingerprint density at radius 3 is 2.45 bits per heavy atom. The SMILES string of the molecule is CCOC(=O)N1CCc2c(sc(NC(=O)c3ccc(S(=O)(=O)N4CCCCC4C)cc3)c2C(=O)NC(=O)OC)C1. The Morgan fingerprint density at radius 2 is 1.80 bits per heavy atom. The number of amides is 4. The van der Waals surface area contributed by atoms with Crippen LogP contribution in [-0.4, -0.2) is 74.5 Å². The molecule has 0 aliphatic carbocycles. The Hall–Kier alpha value is -3.49. The first-order valence-electron chi connectivity index (χ1n) is 13.0. The Balaban J connectivity index is 1.58. The maximum atomic E-state index is 13.2. The van der Waals surface area contributed by atoms with Crippen LogP contribution in [-0.2, 0) is 32.5 Å². The molecule has 40 heavy (non-hydrogen) atoms. The topological polar surface area (TPSA) is 151 Å². The van der Waals surface area contributed by atoms with Crippen molar-refractivity contribution in [2.75, 3.05) is 32.1 Å². The quantitative estimate of drug-likeness (QED) is 0.517. The summed E-state index contributed by atoms with van der Waals surface area (Å²) in [6, 6.07) is 5.53. The first-order chi connectivity index (χ1) is 19.1. The fourth-order valence-corrected chi connectivity index (χ4v) is 7.78. The molecule has 0 spiro atoms. The largest absolute Gasteiger partial charge is 0.453 e. The Bertz CT molecular complexity index is 1400. The molecule has 3 heterocycles. The molecule has 4 amide bonds. The summed E-state index contributed by atoms with van der Waals surface area (Å²) in [6.07, 6.45) is 1.46. The van der Waals surface area contributed by atoms with Crippen LogP contribution in [0.3, 0.4) is 0 Å². The number of benzene rings is 1. The molecule has 2 N–H and O–H groups in total. The molecule has 1 aromatic heterocycles. The fourth-order valence-electron chi connectivity index (χ4n) is 4.83. The van der Waals surface area contributed by atoms with E-state index in [0.717, 1.165) is 37.7 Å². The van der Waals surface area contributed by atoms with Crippen molar-refractivity contribution >= 4 is 50.4 Å². The van der Waals surface area contributed by atoms with Crippen molar-refractivity contribution in [3.8, 4) is 0 Å². The Morgan fingerprint density at radius 1 is 1.07 bits per heavy atom. The lowest BCUT2D eigenvalue weighted by atomic mass is 10.0. The highest BCUT2D eigenvalue weighted by atomic mass is 32.2. The van der Waals surface area contributed by atoms with Crippen LogP contribution in [0.5, 0.6) is 0 Å². The van der Waals surface area contributed by atoms with E-state index in [1.165, 1.54) is 33.5 Å². The molecular formula is C26H32N4O8S2. The molecule has 1 atom stereocenters. The number of carbonyl (C=O) groups is 4. The van der Waals surface area contributed by atoms with Gasteiger partial charge in [0.25, 0.3) is 11.8 Å². The lowest BCUT2D eigenvalue weighted by Crippen LogP contribution is -2.41. The summed E-state index contributed by atoms with van der Waals surface area (Å²) in [5.74, 6) is -1.32. The number of thiophene rings is 1. The molecule has 216 valence electrons. The van der Waals surface area contributed by atoms with Crippen LogP contribution in [0, 0.1) is 0 Å². The van der Waals surface area contributed by atoms with Gasteiger partial charge in [-0.3, -0.25) is 14.9 Å². The second-order valence-electron chi connectivity index (χ2n) is 9.46. The van der Waals surface area contributed by atoms with Crippen molar-refractivity contribution in [3.05, 3.63) is 45.8 Å². The van der Waals surface area contributed by atoms with Crippen molar-refractivity contribution in [1.82, 2.24) is 14.5 Å². The number of ether oxygens (including phenoxy) is 2. The summed E-state index contributed by atoms with van der Waals surface area (Å²) in [4.78, 5) is 52.4. The molecule has 1 aromatic carbocycles. The Kier molecular flexibility index (Phi) is 9.11. The zero-order chi connectivity index (χ0) is 29.0. The third kappa shape index (κ3) is 6.13. The van der Waals surface area contributed by atoms with Gasteiger partial charge in [0, 0.05) is 29.6 Å².